The highest BCUT2D eigenvalue weighted by atomic mass is 16.1. The second-order valence-corrected chi connectivity index (χ2v) is 4.25. The molecule has 0 N–H and O–H groups in total. The van der Waals surface area contributed by atoms with Crippen LogP contribution < -0.4 is 0 Å². The maximum absolute atomic E-state index is 10.8. The average Bonchev–Trinajstić information content (AvgIpc) is 2.15. The predicted molar refractivity (Wildman–Crippen MR) is 67.0 cm³/mol. The molecule has 0 saturated carbocycles. The van der Waals surface area contributed by atoms with Crippen molar-refractivity contribution in [2.24, 2.45) is 0 Å². The molecule has 0 radical (unpaired) electrons. The van der Waals surface area contributed by atoms with E-state index in [0.29, 0.717) is 6.42 Å². The van der Waals surface area contributed by atoms with Crippen molar-refractivity contribution in [2.75, 3.05) is 0 Å². The van der Waals surface area contributed by atoms with Crippen LogP contribution in [0.3, 0.4) is 0 Å². The summed E-state index contributed by atoms with van der Waals surface area (Å²) in [5, 5.41) is 0. The zero-order valence-electron chi connectivity index (χ0n) is 10.6. The van der Waals surface area contributed by atoms with Gasteiger partial charge in [0, 0.05) is 6.42 Å². The van der Waals surface area contributed by atoms with Crippen molar-refractivity contribution in [3.8, 4) is 0 Å². The molecule has 0 amide bonds. The van der Waals surface area contributed by atoms with Crippen molar-refractivity contribution >= 4 is 5.78 Å². The third kappa shape index (κ3) is 9.45. The zero-order valence-corrected chi connectivity index (χ0v) is 10.6. The Morgan fingerprint density at radius 2 is 1.53 bits per heavy atom. The molecule has 0 atom stereocenters. The Kier molecular flexibility index (Phi) is 7.98. The standard InChI is InChI=1S/C14H24O/c1-5-7-12(2)8-6-9-13(3)10-11-14(4)15/h7,9H,5-6,8,10-11H2,1-4H3/b12-7+,13-9+. The topological polar surface area (TPSA) is 17.1 Å². The van der Waals surface area contributed by atoms with Gasteiger partial charge in [-0.15, -0.1) is 0 Å². The van der Waals surface area contributed by atoms with E-state index in [4.69, 9.17) is 0 Å². The molecule has 0 heterocycles. The van der Waals surface area contributed by atoms with Crippen molar-refractivity contribution in [3.05, 3.63) is 23.3 Å². The smallest absolute Gasteiger partial charge is 0.130 e. The van der Waals surface area contributed by atoms with E-state index in [2.05, 4.69) is 32.9 Å². The first-order chi connectivity index (χ1) is 7.06. The zero-order chi connectivity index (χ0) is 11.7. The summed E-state index contributed by atoms with van der Waals surface area (Å²) >= 11 is 0. The van der Waals surface area contributed by atoms with Crippen LogP contribution in [0.15, 0.2) is 23.3 Å². The van der Waals surface area contributed by atoms with E-state index in [-0.39, 0.29) is 5.78 Å². The summed E-state index contributed by atoms with van der Waals surface area (Å²) in [6.07, 6.45) is 9.52. The maximum Gasteiger partial charge on any atom is 0.130 e. The second kappa shape index (κ2) is 8.46. The molecule has 0 aromatic heterocycles. The van der Waals surface area contributed by atoms with Crippen LogP contribution in [0.5, 0.6) is 0 Å². The first-order valence-corrected chi connectivity index (χ1v) is 5.87. The van der Waals surface area contributed by atoms with Crippen molar-refractivity contribution in [3.63, 3.8) is 0 Å². The summed E-state index contributed by atoms with van der Waals surface area (Å²) in [6, 6.07) is 0. The molecule has 0 aromatic carbocycles. The van der Waals surface area contributed by atoms with E-state index in [1.54, 1.807) is 6.92 Å². The summed E-state index contributed by atoms with van der Waals surface area (Å²) in [5.74, 6) is 0.282. The van der Waals surface area contributed by atoms with E-state index < -0.39 is 0 Å². The second-order valence-electron chi connectivity index (χ2n) is 4.25. The van der Waals surface area contributed by atoms with Gasteiger partial charge < -0.3 is 4.79 Å². The lowest BCUT2D eigenvalue weighted by atomic mass is 10.1. The van der Waals surface area contributed by atoms with Crippen molar-refractivity contribution in [1.82, 2.24) is 0 Å². The molecule has 0 spiro atoms. The van der Waals surface area contributed by atoms with Gasteiger partial charge in [-0.2, -0.15) is 0 Å². The molecule has 0 rings (SSSR count). The highest BCUT2D eigenvalue weighted by Gasteiger charge is 1.95. The first-order valence-electron chi connectivity index (χ1n) is 5.87. The summed E-state index contributed by atoms with van der Waals surface area (Å²) in [6.45, 7) is 8.11. The largest absolute Gasteiger partial charge is 0.300 e. The third-order valence-electron chi connectivity index (χ3n) is 2.46. The number of hydrogen-bond donors (Lipinski definition) is 0. The molecule has 15 heavy (non-hydrogen) atoms. The number of ketones is 1. The first kappa shape index (κ1) is 14.2. The van der Waals surface area contributed by atoms with Gasteiger partial charge >= 0.3 is 0 Å². The minimum absolute atomic E-state index is 0.282. The van der Waals surface area contributed by atoms with E-state index in [0.717, 1.165) is 25.7 Å². The van der Waals surface area contributed by atoms with Crippen LogP contribution in [0, 0.1) is 0 Å². The molecule has 1 heteroatoms. The Morgan fingerprint density at radius 3 is 2.07 bits per heavy atom. The SMILES string of the molecule is CC/C=C(\C)CC/C=C(\C)CCC(C)=O. The van der Waals surface area contributed by atoms with Gasteiger partial charge in [-0.25, -0.2) is 0 Å². The normalized spacial score (nSPS) is 13.1. The van der Waals surface area contributed by atoms with Gasteiger partial charge in [0.15, 0.2) is 0 Å². The molecule has 0 unspecified atom stereocenters. The van der Waals surface area contributed by atoms with E-state index >= 15 is 0 Å². The van der Waals surface area contributed by atoms with Crippen molar-refractivity contribution < 1.29 is 4.79 Å². The van der Waals surface area contributed by atoms with Crippen LogP contribution in [-0.4, -0.2) is 5.78 Å². The number of carbonyl (C=O) groups excluding carboxylic acids is 1. The molecule has 0 aliphatic carbocycles. The number of hydrogen-bond acceptors (Lipinski definition) is 1. The summed E-state index contributed by atoms with van der Waals surface area (Å²) in [5.41, 5.74) is 2.81. The van der Waals surface area contributed by atoms with Gasteiger partial charge in [-0.3, -0.25) is 0 Å². The fraction of sp³-hybridized carbons (Fsp3) is 0.643. The molecule has 86 valence electrons. The lowest BCUT2D eigenvalue weighted by Crippen LogP contribution is -1.90. The van der Waals surface area contributed by atoms with Gasteiger partial charge in [0.05, 0.1) is 0 Å². The Morgan fingerprint density at radius 1 is 0.933 bits per heavy atom. The minimum Gasteiger partial charge on any atom is -0.300 e. The van der Waals surface area contributed by atoms with Gasteiger partial charge in [-0.05, 0) is 46.5 Å². The molecular weight excluding hydrogens is 184 g/mol. The fourth-order valence-electron chi connectivity index (χ4n) is 1.47. The summed E-state index contributed by atoms with van der Waals surface area (Å²) in [7, 11) is 0. The molecule has 0 aromatic rings. The number of rotatable bonds is 7. The van der Waals surface area contributed by atoms with Crippen LogP contribution in [-0.2, 0) is 4.79 Å². The van der Waals surface area contributed by atoms with Crippen LogP contribution in [0.25, 0.3) is 0 Å². The van der Waals surface area contributed by atoms with Crippen molar-refractivity contribution in [1.29, 1.82) is 0 Å². The number of Topliss-reactive ketones (excluding diaryl/α,β-unsaturated/α-hetero) is 1. The van der Waals surface area contributed by atoms with Crippen LogP contribution in [0.2, 0.25) is 0 Å². The lowest BCUT2D eigenvalue weighted by molar-refractivity contribution is -0.116. The van der Waals surface area contributed by atoms with Gasteiger partial charge in [-0.1, -0.05) is 30.2 Å². The predicted octanol–water partition coefficient (Wildman–Crippen LogP) is 4.44. The minimum atomic E-state index is 0.282. The molecule has 0 bridgehead atoms. The van der Waals surface area contributed by atoms with Crippen LogP contribution in [0.1, 0.15) is 59.8 Å². The monoisotopic (exact) mass is 208 g/mol. The quantitative estimate of drug-likeness (QED) is 0.565. The Bertz CT molecular complexity index is 246. The Hall–Kier alpha value is -0.850. The fourth-order valence-corrected chi connectivity index (χ4v) is 1.47. The Labute approximate surface area is 94.3 Å². The number of allylic oxidation sites excluding steroid dienone is 4. The maximum atomic E-state index is 10.8. The van der Waals surface area contributed by atoms with E-state index in [9.17, 15) is 4.79 Å². The van der Waals surface area contributed by atoms with Gasteiger partial charge in [0.2, 0.25) is 0 Å². The molecule has 0 aliphatic heterocycles. The molecule has 1 nitrogen and oxygen atoms in total. The molecular formula is C14H24O. The summed E-state index contributed by atoms with van der Waals surface area (Å²) in [4.78, 5) is 10.8. The molecule has 0 saturated heterocycles. The third-order valence-corrected chi connectivity index (χ3v) is 2.46. The highest BCUT2D eigenvalue weighted by molar-refractivity contribution is 5.75. The lowest BCUT2D eigenvalue weighted by Gasteiger charge is -2.00. The Balaban J connectivity index is 3.76. The van der Waals surface area contributed by atoms with Crippen LogP contribution >= 0.6 is 0 Å². The average molecular weight is 208 g/mol. The summed E-state index contributed by atoms with van der Waals surface area (Å²) < 4.78 is 0. The van der Waals surface area contributed by atoms with Gasteiger partial charge in [0.25, 0.3) is 0 Å². The van der Waals surface area contributed by atoms with E-state index in [1.807, 2.05) is 0 Å². The molecule has 0 fully saturated rings. The molecule has 0 aliphatic rings. The van der Waals surface area contributed by atoms with Crippen LogP contribution in [0.4, 0.5) is 0 Å². The number of carbonyl (C=O) groups is 1. The highest BCUT2D eigenvalue weighted by Crippen LogP contribution is 2.10. The van der Waals surface area contributed by atoms with Crippen molar-refractivity contribution in [2.45, 2.75) is 59.8 Å². The van der Waals surface area contributed by atoms with Gasteiger partial charge in [0.1, 0.15) is 5.78 Å². The van der Waals surface area contributed by atoms with E-state index in [1.165, 1.54) is 11.1 Å².